The minimum absolute atomic E-state index is 0.174. The van der Waals surface area contributed by atoms with E-state index in [1.807, 2.05) is 31.2 Å². The van der Waals surface area contributed by atoms with Crippen molar-refractivity contribution in [2.45, 2.75) is 20.3 Å². The molecule has 0 aliphatic rings. The van der Waals surface area contributed by atoms with Crippen LogP contribution in [0.15, 0.2) is 45.6 Å². The first kappa shape index (κ1) is 18.6. The van der Waals surface area contributed by atoms with Crippen molar-refractivity contribution < 1.29 is 17.0 Å². The van der Waals surface area contributed by atoms with Crippen LogP contribution in [0.1, 0.15) is 18.2 Å². The van der Waals surface area contributed by atoms with E-state index in [1.165, 1.54) is 17.4 Å². The van der Waals surface area contributed by atoms with Crippen molar-refractivity contribution in [3.05, 3.63) is 57.9 Å². The van der Waals surface area contributed by atoms with Crippen LogP contribution in [-0.2, 0) is 16.5 Å². The second kappa shape index (κ2) is 6.72. The average molecular weight is 415 g/mol. The first-order valence-electron chi connectivity index (χ1n) is 8.62. The highest BCUT2D eigenvalue weighted by Crippen LogP contribution is 2.33. The zero-order valence-electron chi connectivity index (χ0n) is 15.5. The maximum atomic E-state index is 13.2. The molecular weight excluding hydrogens is 398 g/mol. The van der Waals surface area contributed by atoms with Gasteiger partial charge >= 0.3 is 10.1 Å². The minimum Gasteiger partial charge on any atom is -0.460 e. The number of nitrogens with zero attached hydrogens (tertiary/aromatic N) is 1. The Morgan fingerprint density at radius 3 is 2.64 bits per heavy atom. The van der Waals surface area contributed by atoms with Gasteiger partial charge in [0.2, 0.25) is 5.43 Å². The summed E-state index contributed by atoms with van der Waals surface area (Å²) < 4.78 is 35.0. The van der Waals surface area contributed by atoms with Gasteiger partial charge in [-0.2, -0.15) is 8.42 Å². The molecule has 0 radical (unpaired) electrons. The molecule has 0 saturated heterocycles. The van der Waals surface area contributed by atoms with Gasteiger partial charge in [0.15, 0.2) is 0 Å². The second-order valence-corrected chi connectivity index (χ2v) is 9.05. The fourth-order valence-electron chi connectivity index (χ4n) is 3.12. The smallest absolute Gasteiger partial charge is 0.306 e. The van der Waals surface area contributed by atoms with Gasteiger partial charge in [0.1, 0.15) is 22.1 Å². The highest BCUT2D eigenvalue weighted by molar-refractivity contribution is 7.86. The highest BCUT2D eigenvalue weighted by atomic mass is 32.2. The van der Waals surface area contributed by atoms with E-state index in [4.69, 9.17) is 8.60 Å². The average Bonchev–Trinajstić information content (AvgIpc) is 3.03. The van der Waals surface area contributed by atoms with Gasteiger partial charge in [-0.05, 0) is 37.1 Å². The Morgan fingerprint density at radius 1 is 1.21 bits per heavy atom. The molecule has 0 bridgehead atoms. The molecule has 2 aromatic carbocycles. The SMILES string of the molecule is CCc1cc2c(=O)c(-c3nc4ccccc4s3)c(C)oc2cc1OS(C)(=O)=O. The van der Waals surface area contributed by atoms with Crippen LogP contribution in [0.5, 0.6) is 5.75 Å². The lowest BCUT2D eigenvalue weighted by atomic mass is 10.1. The summed E-state index contributed by atoms with van der Waals surface area (Å²) in [6, 6.07) is 10.8. The lowest BCUT2D eigenvalue weighted by Gasteiger charge is -2.11. The summed E-state index contributed by atoms with van der Waals surface area (Å²) in [5, 5.41) is 0.974. The van der Waals surface area contributed by atoms with Gasteiger partial charge in [-0.1, -0.05) is 19.1 Å². The lowest BCUT2D eigenvalue weighted by Crippen LogP contribution is -2.10. The monoisotopic (exact) mass is 415 g/mol. The Morgan fingerprint density at radius 2 is 1.96 bits per heavy atom. The summed E-state index contributed by atoms with van der Waals surface area (Å²) >= 11 is 1.43. The molecule has 4 aromatic rings. The van der Waals surface area contributed by atoms with Crippen molar-refractivity contribution in [1.29, 1.82) is 0 Å². The standard InChI is InChI=1S/C20H17NO5S2/c1-4-12-9-13-16(10-15(12)26-28(3,23)24)25-11(2)18(19(13)22)20-21-14-7-5-6-8-17(14)27-20/h5-10H,4H2,1-3H3. The van der Waals surface area contributed by atoms with Gasteiger partial charge in [0.25, 0.3) is 0 Å². The molecule has 0 N–H and O–H groups in total. The number of aryl methyl sites for hydroxylation is 2. The van der Waals surface area contributed by atoms with Gasteiger partial charge in [0, 0.05) is 6.07 Å². The maximum Gasteiger partial charge on any atom is 0.306 e. The number of rotatable bonds is 4. The number of thiazole rings is 1. The molecule has 4 rings (SSSR count). The number of hydrogen-bond acceptors (Lipinski definition) is 7. The van der Waals surface area contributed by atoms with Crippen LogP contribution in [0.3, 0.4) is 0 Å². The zero-order valence-corrected chi connectivity index (χ0v) is 17.1. The summed E-state index contributed by atoms with van der Waals surface area (Å²) in [5.74, 6) is 0.596. The van der Waals surface area contributed by atoms with E-state index in [0.29, 0.717) is 33.7 Å². The number of fused-ring (bicyclic) bond motifs is 2. The molecule has 0 saturated carbocycles. The van der Waals surface area contributed by atoms with Gasteiger partial charge < -0.3 is 8.60 Å². The van der Waals surface area contributed by atoms with Crippen molar-refractivity contribution in [2.24, 2.45) is 0 Å². The van der Waals surface area contributed by atoms with Gasteiger partial charge in [0.05, 0.1) is 27.4 Å². The molecule has 0 aliphatic heterocycles. The van der Waals surface area contributed by atoms with E-state index in [-0.39, 0.29) is 16.8 Å². The Labute approximate surface area is 165 Å². The van der Waals surface area contributed by atoms with Crippen LogP contribution in [-0.4, -0.2) is 19.7 Å². The third-order valence-electron chi connectivity index (χ3n) is 4.38. The molecule has 28 heavy (non-hydrogen) atoms. The molecule has 0 fully saturated rings. The van der Waals surface area contributed by atoms with E-state index in [2.05, 4.69) is 4.98 Å². The molecule has 0 atom stereocenters. The fraction of sp³-hybridized carbons (Fsp3) is 0.200. The molecule has 8 heteroatoms. The van der Waals surface area contributed by atoms with E-state index in [1.54, 1.807) is 13.0 Å². The van der Waals surface area contributed by atoms with Crippen molar-refractivity contribution >= 4 is 42.6 Å². The second-order valence-electron chi connectivity index (χ2n) is 6.45. The summed E-state index contributed by atoms with van der Waals surface area (Å²) in [4.78, 5) is 17.8. The van der Waals surface area contributed by atoms with E-state index >= 15 is 0 Å². The Kier molecular flexibility index (Phi) is 4.47. The largest absolute Gasteiger partial charge is 0.460 e. The van der Waals surface area contributed by atoms with Crippen LogP contribution in [0, 0.1) is 6.92 Å². The number of aromatic nitrogens is 1. The van der Waals surface area contributed by atoms with Crippen molar-refractivity contribution in [3.8, 4) is 16.3 Å². The third kappa shape index (κ3) is 3.29. The fourth-order valence-corrected chi connectivity index (χ4v) is 4.66. The minimum atomic E-state index is -3.69. The molecular formula is C20H17NO5S2. The van der Waals surface area contributed by atoms with E-state index in [0.717, 1.165) is 16.5 Å². The summed E-state index contributed by atoms with van der Waals surface area (Å²) in [7, 11) is -3.69. The molecule has 2 aromatic heterocycles. The summed E-state index contributed by atoms with van der Waals surface area (Å²) in [6.07, 6.45) is 1.48. The van der Waals surface area contributed by atoms with Gasteiger partial charge in [-0.3, -0.25) is 4.79 Å². The molecule has 144 valence electrons. The normalized spacial score (nSPS) is 12.0. The molecule has 2 heterocycles. The van der Waals surface area contributed by atoms with Gasteiger partial charge in [-0.15, -0.1) is 11.3 Å². The van der Waals surface area contributed by atoms with Crippen LogP contribution in [0.25, 0.3) is 31.8 Å². The van der Waals surface area contributed by atoms with E-state index < -0.39 is 10.1 Å². The Balaban J connectivity index is 1.97. The summed E-state index contributed by atoms with van der Waals surface area (Å²) in [5.41, 5.74) is 1.95. The van der Waals surface area contributed by atoms with Crippen molar-refractivity contribution in [1.82, 2.24) is 4.98 Å². The van der Waals surface area contributed by atoms with E-state index in [9.17, 15) is 13.2 Å². The van der Waals surface area contributed by atoms with Crippen LogP contribution in [0.2, 0.25) is 0 Å². The molecule has 0 amide bonds. The van der Waals surface area contributed by atoms with Gasteiger partial charge in [-0.25, -0.2) is 4.98 Å². The molecule has 6 nitrogen and oxygen atoms in total. The van der Waals surface area contributed by atoms with Crippen LogP contribution < -0.4 is 9.61 Å². The van der Waals surface area contributed by atoms with Crippen molar-refractivity contribution in [2.75, 3.05) is 6.26 Å². The summed E-state index contributed by atoms with van der Waals surface area (Å²) in [6.45, 7) is 3.56. The Bertz CT molecular complexity index is 1350. The van der Waals surface area contributed by atoms with Crippen molar-refractivity contribution in [3.63, 3.8) is 0 Å². The topological polar surface area (TPSA) is 86.5 Å². The Hall–Kier alpha value is -2.71. The highest BCUT2D eigenvalue weighted by Gasteiger charge is 2.20. The van der Waals surface area contributed by atoms with Crippen LogP contribution in [0.4, 0.5) is 0 Å². The lowest BCUT2D eigenvalue weighted by molar-refractivity contribution is 0.489. The predicted octanol–water partition coefficient (Wildman–Crippen LogP) is 4.28. The number of para-hydroxylation sites is 1. The first-order valence-corrected chi connectivity index (χ1v) is 11.3. The quantitative estimate of drug-likeness (QED) is 0.463. The third-order valence-corrected chi connectivity index (χ3v) is 5.92. The molecule has 0 aliphatic carbocycles. The number of benzene rings is 2. The molecule has 0 unspecified atom stereocenters. The first-order chi connectivity index (χ1) is 13.3. The van der Waals surface area contributed by atoms with Crippen LogP contribution >= 0.6 is 11.3 Å². The molecule has 0 spiro atoms. The zero-order chi connectivity index (χ0) is 20.1. The predicted molar refractivity (Wildman–Crippen MR) is 111 cm³/mol. The number of hydrogen-bond donors (Lipinski definition) is 0. The maximum absolute atomic E-state index is 13.2.